The van der Waals surface area contributed by atoms with Gasteiger partial charge in [-0.25, -0.2) is 4.98 Å². The van der Waals surface area contributed by atoms with Crippen molar-refractivity contribution in [3.8, 4) is 11.5 Å². The van der Waals surface area contributed by atoms with E-state index in [-0.39, 0.29) is 0 Å². The molecule has 182 valence electrons. The molecule has 8 nitrogen and oxygen atoms in total. The fourth-order valence-corrected chi connectivity index (χ4v) is 5.28. The number of ether oxygens (including phenoxy) is 2. The molecule has 34 heavy (non-hydrogen) atoms. The van der Waals surface area contributed by atoms with E-state index in [1.54, 1.807) is 0 Å². The molecule has 2 aromatic rings. The smallest absolute Gasteiger partial charge is 0.231 e. The second kappa shape index (κ2) is 10.2. The molecule has 0 radical (unpaired) electrons. The van der Waals surface area contributed by atoms with Crippen molar-refractivity contribution in [2.45, 2.75) is 70.0 Å². The normalized spacial score (nSPS) is 20.9. The third-order valence-corrected chi connectivity index (χ3v) is 7.13. The minimum atomic E-state index is 0.291. The number of thiocarbonyl (C=S) groups is 1. The van der Waals surface area contributed by atoms with Crippen molar-refractivity contribution in [3.63, 3.8) is 0 Å². The molecule has 3 aliphatic rings. The van der Waals surface area contributed by atoms with Gasteiger partial charge in [0.15, 0.2) is 16.6 Å². The summed E-state index contributed by atoms with van der Waals surface area (Å²) in [6.07, 6.45) is 8.86. The van der Waals surface area contributed by atoms with Gasteiger partial charge in [0.2, 0.25) is 12.7 Å². The van der Waals surface area contributed by atoms with E-state index in [1.807, 2.05) is 18.2 Å². The van der Waals surface area contributed by atoms with Crippen LogP contribution in [0.15, 0.2) is 18.2 Å². The summed E-state index contributed by atoms with van der Waals surface area (Å²) in [5.41, 5.74) is 3.67. The number of aromatic nitrogens is 2. The third kappa shape index (κ3) is 5.29. The Bertz CT molecular complexity index is 1040. The van der Waals surface area contributed by atoms with Gasteiger partial charge in [0.25, 0.3) is 0 Å². The first-order chi connectivity index (χ1) is 16.5. The van der Waals surface area contributed by atoms with E-state index in [9.17, 15) is 0 Å². The lowest BCUT2D eigenvalue weighted by Gasteiger charge is -2.31. The highest BCUT2D eigenvalue weighted by Crippen LogP contribution is 2.32. The Kier molecular flexibility index (Phi) is 6.89. The number of hydrogen-bond acceptors (Lipinski definition) is 7. The van der Waals surface area contributed by atoms with Gasteiger partial charge in [-0.15, -0.1) is 0 Å². The molecule has 3 N–H and O–H groups in total. The Morgan fingerprint density at radius 2 is 1.79 bits per heavy atom. The van der Waals surface area contributed by atoms with Crippen LogP contribution < -0.4 is 30.3 Å². The molecule has 5 rings (SSSR count). The number of anilines is 2. The monoisotopic (exact) mass is 482 g/mol. The zero-order valence-electron chi connectivity index (χ0n) is 20.0. The first-order valence-corrected chi connectivity index (χ1v) is 12.7. The Labute approximate surface area is 206 Å². The summed E-state index contributed by atoms with van der Waals surface area (Å²) in [6, 6.07) is 6.75. The lowest BCUT2D eigenvalue weighted by Crippen LogP contribution is -2.44. The summed E-state index contributed by atoms with van der Waals surface area (Å²) in [5, 5.41) is 11.1. The first kappa shape index (κ1) is 23.0. The van der Waals surface area contributed by atoms with E-state index in [0.717, 1.165) is 67.4 Å². The van der Waals surface area contributed by atoms with Crippen LogP contribution in [-0.4, -0.2) is 48.1 Å². The van der Waals surface area contributed by atoms with Crippen molar-refractivity contribution in [2.75, 3.05) is 31.1 Å². The maximum absolute atomic E-state index is 5.54. The van der Waals surface area contributed by atoms with Crippen molar-refractivity contribution in [1.82, 2.24) is 20.6 Å². The molecule has 1 saturated carbocycles. The van der Waals surface area contributed by atoms with E-state index >= 15 is 0 Å². The Hall–Kier alpha value is -2.81. The second-order valence-corrected chi connectivity index (χ2v) is 10.0. The van der Waals surface area contributed by atoms with Crippen LogP contribution in [0.1, 0.15) is 55.3 Å². The van der Waals surface area contributed by atoms with Gasteiger partial charge in [-0.2, -0.15) is 4.98 Å². The molecule has 0 unspecified atom stereocenters. The molecule has 1 fully saturated rings. The summed E-state index contributed by atoms with van der Waals surface area (Å²) < 4.78 is 10.8. The van der Waals surface area contributed by atoms with E-state index in [4.69, 9.17) is 31.7 Å². The van der Waals surface area contributed by atoms with Crippen LogP contribution in [0.3, 0.4) is 0 Å². The molecule has 0 bridgehead atoms. The quantitative estimate of drug-likeness (QED) is 0.536. The minimum absolute atomic E-state index is 0.291. The maximum atomic E-state index is 5.54. The van der Waals surface area contributed by atoms with E-state index < -0.39 is 0 Å². The predicted molar refractivity (Wildman–Crippen MR) is 138 cm³/mol. The van der Waals surface area contributed by atoms with Crippen molar-refractivity contribution in [3.05, 3.63) is 35.0 Å². The van der Waals surface area contributed by atoms with Crippen molar-refractivity contribution in [1.29, 1.82) is 0 Å². The average molecular weight is 483 g/mol. The van der Waals surface area contributed by atoms with Crippen molar-refractivity contribution in [2.24, 2.45) is 0 Å². The third-order valence-electron chi connectivity index (χ3n) is 6.87. The van der Waals surface area contributed by atoms with Gasteiger partial charge in [0, 0.05) is 38.3 Å². The molecular weight excluding hydrogens is 448 g/mol. The lowest BCUT2D eigenvalue weighted by atomic mass is 9.91. The van der Waals surface area contributed by atoms with Crippen LogP contribution in [0, 0.1) is 0 Å². The summed E-state index contributed by atoms with van der Waals surface area (Å²) in [7, 11) is 4.14. The van der Waals surface area contributed by atoms with E-state index in [2.05, 4.69) is 34.9 Å². The van der Waals surface area contributed by atoms with Crippen LogP contribution >= 0.6 is 12.2 Å². The zero-order valence-corrected chi connectivity index (χ0v) is 20.8. The molecule has 0 amide bonds. The predicted octanol–water partition coefficient (Wildman–Crippen LogP) is 3.54. The Balaban J connectivity index is 1.09. The summed E-state index contributed by atoms with van der Waals surface area (Å²) in [4.78, 5) is 11.9. The standard InChI is InChI=1S/C25H34N6O2S/c1-31(2)23-19-5-3-4-6-20(19)29-24(30-23)27-17-8-10-18(11-9-17)28-25(34)26-14-16-7-12-21-22(13-16)33-15-32-21/h7,12-13,17-18H,3-6,8-11,14-15H2,1-2H3,(H2,26,28,34)(H,27,29,30). The van der Waals surface area contributed by atoms with Gasteiger partial charge < -0.3 is 30.3 Å². The topological polar surface area (TPSA) is 83.6 Å². The summed E-state index contributed by atoms with van der Waals surface area (Å²) >= 11 is 5.54. The summed E-state index contributed by atoms with van der Waals surface area (Å²) in [6.45, 7) is 0.947. The van der Waals surface area contributed by atoms with Crippen LogP contribution in [0.4, 0.5) is 11.8 Å². The highest BCUT2D eigenvalue weighted by molar-refractivity contribution is 7.80. The number of nitrogens with one attached hydrogen (secondary N) is 3. The fourth-order valence-electron chi connectivity index (χ4n) is 5.04. The van der Waals surface area contributed by atoms with Gasteiger partial charge in [-0.05, 0) is 81.3 Å². The van der Waals surface area contributed by atoms with Gasteiger partial charge in [-0.3, -0.25) is 0 Å². The van der Waals surface area contributed by atoms with Crippen LogP contribution in [0.25, 0.3) is 0 Å². The molecule has 1 aromatic heterocycles. The van der Waals surface area contributed by atoms with Crippen LogP contribution in [-0.2, 0) is 19.4 Å². The molecule has 0 atom stereocenters. The Morgan fingerprint density at radius 1 is 1.03 bits per heavy atom. The number of nitrogens with zero attached hydrogens (tertiary/aromatic N) is 3. The molecular formula is C25H34N6O2S. The molecule has 9 heteroatoms. The van der Waals surface area contributed by atoms with E-state index in [1.165, 1.54) is 24.1 Å². The average Bonchev–Trinajstić information content (AvgIpc) is 3.31. The lowest BCUT2D eigenvalue weighted by molar-refractivity contribution is 0.174. The molecule has 1 aliphatic heterocycles. The second-order valence-electron chi connectivity index (χ2n) is 9.61. The number of aryl methyl sites for hydroxylation is 1. The Morgan fingerprint density at radius 3 is 2.62 bits per heavy atom. The number of fused-ring (bicyclic) bond motifs is 2. The van der Waals surface area contributed by atoms with Gasteiger partial charge >= 0.3 is 0 Å². The van der Waals surface area contributed by atoms with Gasteiger partial charge in [0.1, 0.15) is 5.82 Å². The summed E-state index contributed by atoms with van der Waals surface area (Å²) in [5.74, 6) is 3.45. The molecule has 0 saturated heterocycles. The zero-order chi connectivity index (χ0) is 23.5. The minimum Gasteiger partial charge on any atom is -0.454 e. The van der Waals surface area contributed by atoms with Crippen molar-refractivity contribution >= 4 is 29.1 Å². The SMILES string of the molecule is CN(C)c1nc(NC2CCC(NC(=S)NCc3ccc4c(c3)OCO4)CC2)nc2c1CCCC2. The first-order valence-electron chi connectivity index (χ1n) is 12.3. The molecule has 1 aromatic carbocycles. The van der Waals surface area contributed by atoms with E-state index in [0.29, 0.717) is 30.5 Å². The molecule has 0 spiro atoms. The van der Waals surface area contributed by atoms with Gasteiger partial charge in [0.05, 0.1) is 5.69 Å². The fraction of sp³-hybridized carbons (Fsp3) is 0.560. The van der Waals surface area contributed by atoms with Crippen LogP contribution in [0.2, 0.25) is 0 Å². The largest absolute Gasteiger partial charge is 0.454 e. The van der Waals surface area contributed by atoms with Crippen LogP contribution in [0.5, 0.6) is 11.5 Å². The maximum Gasteiger partial charge on any atom is 0.231 e. The number of rotatable bonds is 6. The van der Waals surface area contributed by atoms with Gasteiger partial charge in [-0.1, -0.05) is 6.07 Å². The highest BCUT2D eigenvalue weighted by Gasteiger charge is 2.24. The van der Waals surface area contributed by atoms with Crippen molar-refractivity contribution < 1.29 is 9.47 Å². The number of benzene rings is 1. The number of hydrogen-bond donors (Lipinski definition) is 3. The molecule has 2 aliphatic carbocycles. The molecule has 2 heterocycles. The highest BCUT2D eigenvalue weighted by atomic mass is 32.1.